The van der Waals surface area contributed by atoms with Gasteiger partial charge in [0.2, 0.25) is 5.91 Å². The molecule has 0 saturated carbocycles. The first-order valence-corrected chi connectivity index (χ1v) is 7.26. The van der Waals surface area contributed by atoms with Gasteiger partial charge in [-0.1, -0.05) is 26.7 Å². The summed E-state index contributed by atoms with van der Waals surface area (Å²) in [5.41, 5.74) is 0. The van der Waals surface area contributed by atoms with Gasteiger partial charge in [-0.2, -0.15) is 0 Å². The van der Waals surface area contributed by atoms with E-state index in [4.69, 9.17) is 9.47 Å². The molecule has 19 heavy (non-hydrogen) atoms. The Morgan fingerprint density at radius 1 is 1.26 bits per heavy atom. The standard InChI is InChI=1S/C14H28N2O3/c1-5-7-12-14(17)16(13(15-12)8-6-2)9-11(19-4)10-18-3/h11-13,15H,5-10H2,1-4H3. The van der Waals surface area contributed by atoms with E-state index in [1.54, 1.807) is 14.2 Å². The highest BCUT2D eigenvalue weighted by Crippen LogP contribution is 2.19. The van der Waals surface area contributed by atoms with Crippen LogP contribution in [0.3, 0.4) is 0 Å². The predicted octanol–water partition coefficient (Wildman–Crippen LogP) is 1.37. The number of methoxy groups -OCH3 is 2. The second-order valence-electron chi connectivity index (χ2n) is 5.12. The van der Waals surface area contributed by atoms with Gasteiger partial charge in [0.1, 0.15) is 0 Å². The molecule has 1 saturated heterocycles. The van der Waals surface area contributed by atoms with Crippen molar-refractivity contribution in [3.8, 4) is 0 Å². The van der Waals surface area contributed by atoms with Crippen molar-refractivity contribution in [2.75, 3.05) is 27.4 Å². The minimum Gasteiger partial charge on any atom is -0.382 e. The molecule has 112 valence electrons. The van der Waals surface area contributed by atoms with E-state index in [0.717, 1.165) is 25.7 Å². The molecule has 1 aliphatic rings. The second kappa shape index (κ2) is 8.51. The SMILES string of the molecule is CCCC1NC(CCC)N(CC(COC)OC)C1=O. The van der Waals surface area contributed by atoms with Crippen molar-refractivity contribution in [2.45, 2.75) is 57.8 Å². The maximum Gasteiger partial charge on any atom is 0.241 e. The summed E-state index contributed by atoms with van der Waals surface area (Å²) in [6.45, 7) is 5.36. The number of rotatable bonds is 9. The Kier molecular flexibility index (Phi) is 7.34. The lowest BCUT2D eigenvalue weighted by Crippen LogP contribution is -2.43. The van der Waals surface area contributed by atoms with Crippen LogP contribution in [0.2, 0.25) is 0 Å². The smallest absolute Gasteiger partial charge is 0.241 e. The molecule has 0 spiro atoms. The molecule has 1 fully saturated rings. The largest absolute Gasteiger partial charge is 0.382 e. The van der Waals surface area contributed by atoms with Gasteiger partial charge in [-0.25, -0.2) is 0 Å². The average molecular weight is 272 g/mol. The van der Waals surface area contributed by atoms with Crippen LogP contribution in [-0.2, 0) is 14.3 Å². The van der Waals surface area contributed by atoms with Crippen molar-refractivity contribution in [3.05, 3.63) is 0 Å². The molecule has 0 aromatic heterocycles. The molecule has 3 unspecified atom stereocenters. The van der Waals surface area contributed by atoms with Crippen molar-refractivity contribution >= 4 is 5.91 Å². The van der Waals surface area contributed by atoms with Crippen LogP contribution in [-0.4, -0.2) is 56.5 Å². The molecule has 0 radical (unpaired) electrons. The van der Waals surface area contributed by atoms with Gasteiger partial charge >= 0.3 is 0 Å². The lowest BCUT2D eigenvalue weighted by molar-refractivity contribution is -0.132. The van der Waals surface area contributed by atoms with Crippen LogP contribution in [0.5, 0.6) is 0 Å². The molecular formula is C14H28N2O3. The van der Waals surface area contributed by atoms with Crippen molar-refractivity contribution < 1.29 is 14.3 Å². The van der Waals surface area contributed by atoms with E-state index in [-0.39, 0.29) is 24.2 Å². The summed E-state index contributed by atoms with van der Waals surface area (Å²) < 4.78 is 10.5. The van der Waals surface area contributed by atoms with Gasteiger partial charge in [-0.3, -0.25) is 10.1 Å². The summed E-state index contributed by atoms with van der Waals surface area (Å²) in [5.74, 6) is 0.207. The van der Waals surface area contributed by atoms with Crippen LogP contribution in [0, 0.1) is 0 Å². The monoisotopic (exact) mass is 272 g/mol. The number of nitrogens with one attached hydrogen (secondary N) is 1. The van der Waals surface area contributed by atoms with Crippen LogP contribution in [0.1, 0.15) is 39.5 Å². The zero-order valence-electron chi connectivity index (χ0n) is 12.6. The molecule has 3 atom stereocenters. The first-order chi connectivity index (χ1) is 9.17. The van der Waals surface area contributed by atoms with E-state index < -0.39 is 0 Å². The van der Waals surface area contributed by atoms with Crippen LogP contribution in [0.25, 0.3) is 0 Å². The number of amides is 1. The maximum atomic E-state index is 12.4. The Hall–Kier alpha value is -0.650. The molecule has 1 rings (SSSR count). The Balaban J connectivity index is 2.66. The van der Waals surface area contributed by atoms with Crippen LogP contribution < -0.4 is 5.32 Å². The fourth-order valence-corrected chi connectivity index (χ4v) is 2.57. The van der Waals surface area contributed by atoms with Gasteiger partial charge < -0.3 is 14.4 Å². The Bertz CT molecular complexity index is 273. The quantitative estimate of drug-likeness (QED) is 0.689. The van der Waals surface area contributed by atoms with Crippen molar-refractivity contribution in [1.82, 2.24) is 10.2 Å². The zero-order chi connectivity index (χ0) is 14.3. The molecule has 0 bridgehead atoms. The average Bonchev–Trinajstić information content (AvgIpc) is 2.68. The fourth-order valence-electron chi connectivity index (χ4n) is 2.57. The number of hydrogen-bond donors (Lipinski definition) is 1. The first kappa shape index (κ1) is 16.4. The first-order valence-electron chi connectivity index (χ1n) is 7.26. The van der Waals surface area contributed by atoms with Crippen molar-refractivity contribution in [3.63, 3.8) is 0 Å². The summed E-state index contributed by atoms with van der Waals surface area (Å²) >= 11 is 0. The molecular weight excluding hydrogens is 244 g/mol. The van der Waals surface area contributed by atoms with Gasteiger partial charge in [0.05, 0.1) is 31.5 Å². The van der Waals surface area contributed by atoms with E-state index in [9.17, 15) is 4.79 Å². The topological polar surface area (TPSA) is 50.8 Å². The number of carbonyl (C=O) groups is 1. The summed E-state index contributed by atoms with van der Waals surface area (Å²) in [4.78, 5) is 14.3. The van der Waals surface area contributed by atoms with Crippen LogP contribution in [0.4, 0.5) is 0 Å². The highest BCUT2D eigenvalue weighted by Gasteiger charge is 2.38. The maximum absolute atomic E-state index is 12.4. The Labute approximate surface area is 116 Å². The third kappa shape index (κ3) is 4.44. The molecule has 5 nitrogen and oxygen atoms in total. The van der Waals surface area contributed by atoms with Crippen LogP contribution >= 0.6 is 0 Å². The number of hydrogen-bond acceptors (Lipinski definition) is 4. The lowest BCUT2D eigenvalue weighted by Gasteiger charge is -2.27. The van der Waals surface area contributed by atoms with Gasteiger partial charge in [-0.15, -0.1) is 0 Å². The molecule has 0 aromatic carbocycles. The molecule has 1 aliphatic heterocycles. The van der Waals surface area contributed by atoms with E-state index >= 15 is 0 Å². The minimum absolute atomic E-state index is 0.0263. The minimum atomic E-state index is -0.0597. The molecule has 1 amide bonds. The molecule has 1 N–H and O–H groups in total. The summed E-state index contributed by atoms with van der Waals surface area (Å²) in [6, 6.07) is -0.0263. The van der Waals surface area contributed by atoms with E-state index in [1.807, 2.05) is 4.90 Å². The fraction of sp³-hybridized carbons (Fsp3) is 0.929. The summed E-state index contributed by atoms with van der Waals surface area (Å²) in [7, 11) is 3.31. The van der Waals surface area contributed by atoms with Crippen molar-refractivity contribution in [2.24, 2.45) is 0 Å². The molecule has 5 heteroatoms. The normalized spacial score (nSPS) is 25.1. The van der Waals surface area contributed by atoms with E-state index in [1.165, 1.54) is 0 Å². The number of nitrogens with zero attached hydrogens (tertiary/aromatic N) is 1. The van der Waals surface area contributed by atoms with Gasteiger partial charge in [0.25, 0.3) is 0 Å². The number of ether oxygens (including phenoxy) is 2. The highest BCUT2D eigenvalue weighted by atomic mass is 16.5. The Morgan fingerprint density at radius 3 is 2.47 bits per heavy atom. The second-order valence-corrected chi connectivity index (χ2v) is 5.12. The van der Waals surface area contributed by atoms with E-state index in [0.29, 0.717) is 13.2 Å². The molecule has 0 aliphatic carbocycles. The highest BCUT2D eigenvalue weighted by molar-refractivity contribution is 5.84. The van der Waals surface area contributed by atoms with E-state index in [2.05, 4.69) is 19.2 Å². The summed E-state index contributed by atoms with van der Waals surface area (Å²) in [6.07, 6.45) is 4.04. The third-order valence-corrected chi connectivity index (χ3v) is 3.58. The van der Waals surface area contributed by atoms with Crippen molar-refractivity contribution in [1.29, 1.82) is 0 Å². The third-order valence-electron chi connectivity index (χ3n) is 3.58. The molecule has 1 heterocycles. The number of carbonyl (C=O) groups excluding carboxylic acids is 1. The predicted molar refractivity (Wildman–Crippen MR) is 74.9 cm³/mol. The zero-order valence-corrected chi connectivity index (χ0v) is 12.6. The van der Waals surface area contributed by atoms with Gasteiger partial charge in [-0.05, 0) is 12.8 Å². The summed E-state index contributed by atoms with van der Waals surface area (Å²) in [5, 5.41) is 3.44. The Morgan fingerprint density at radius 2 is 1.95 bits per heavy atom. The van der Waals surface area contributed by atoms with Gasteiger partial charge in [0, 0.05) is 14.2 Å². The molecule has 0 aromatic rings. The lowest BCUT2D eigenvalue weighted by atomic mass is 10.1. The van der Waals surface area contributed by atoms with Gasteiger partial charge in [0.15, 0.2) is 0 Å². The van der Waals surface area contributed by atoms with Crippen LogP contribution in [0.15, 0.2) is 0 Å².